The van der Waals surface area contributed by atoms with E-state index in [4.69, 9.17) is 0 Å². The molecule has 7 heteroatoms. The van der Waals surface area contributed by atoms with Gasteiger partial charge in [-0.2, -0.15) is 0 Å². The van der Waals surface area contributed by atoms with Crippen LogP contribution in [0.25, 0.3) is 37.4 Å². The Bertz CT molecular complexity index is 1540. The predicted octanol–water partition coefficient (Wildman–Crippen LogP) is 4.91. The van der Waals surface area contributed by atoms with Gasteiger partial charge in [0.2, 0.25) is 5.43 Å². The van der Waals surface area contributed by atoms with Gasteiger partial charge in [-0.15, -0.1) is 11.3 Å². The zero-order valence-electron chi connectivity index (χ0n) is 15.3. The first kappa shape index (κ1) is 18.3. The fourth-order valence-electron chi connectivity index (χ4n) is 3.37. The van der Waals surface area contributed by atoms with Crippen LogP contribution in [0.5, 0.6) is 0 Å². The van der Waals surface area contributed by atoms with Crippen LogP contribution in [0.3, 0.4) is 0 Å². The third-order valence-electron chi connectivity index (χ3n) is 4.80. The number of halogens is 2. The number of rotatable bonds is 2. The van der Waals surface area contributed by atoms with Gasteiger partial charge in [-0.1, -0.05) is 12.1 Å². The lowest BCUT2D eigenvalue weighted by Crippen LogP contribution is -2.26. The van der Waals surface area contributed by atoms with E-state index in [1.54, 1.807) is 18.2 Å². The van der Waals surface area contributed by atoms with Gasteiger partial charge in [0.25, 0.3) is 5.56 Å². The molecule has 2 heterocycles. The minimum absolute atomic E-state index is 0.0334. The van der Waals surface area contributed by atoms with E-state index in [9.17, 15) is 18.4 Å². The molecule has 3 aromatic carbocycles. The van der Waals surface area contributed by atoms with Gasteiger partial charge in [-0.3, -0.25) is 14.2 Å². The number of benzene rings is 3. The Morgan fingerprint density at radius 3 is 2.13 bits per heavy atom. The Hall–Kier alpha value is -3.71. The zero-order chi connectivity index (χ0) is 20.8. The van der Waals surface area contributed by atoms with Gasteiger partial charge < -0.3 is 0 Å². The molecule has 0 saturated carbocycles. The second-order valence-electron chi connectivity index (χ2n) is 6.67. The van der Waals surface area contributed by atoms with Gasteiger partial charge in [-0.05, 0) is 60.7 Å². The molecule has 0 bridgehead atoms. The van der Waals surface area contributed by atoms with E-state index in [0.717, 1.165) is 0 Å². The lowest BCUT2D eigenvalue weighted by molar-refractivity contribution is 0.627. The molecule has 2 aromatic heterocycles. The van der Waals surface area contributed by atoms with Crippen molar-refractivity contribution in [2.45, 2.75) is 0 Å². The number of aromatic nitrogens is 2. The summed E-state index contributed by atoms with van der Waals surface area (Å²) in [7, 11) is 0. The molecule has 0 aliphatic heterocycles. The van der Waals surface area contributed by atoms with Crippen molar-refractivity contribution in [1.29, 1.82) is 0 Å². The Morgan fingerprint density at radius 1 is 0.800 bits per heavy atom. The molecule has 0 aliphatic carbocycles. The van der Waals surface area contributed by atoms with E-state index in [2.05, 4.69) is 4.98 Å². The summed E-state index contributed by atoms with van der Waals surface area (Å²) in [6, 6.07) is 17.9. The van der Waals surface area contributed by atoms with Crippen molar-refractivity contribution >= 4 is 31.6 Å². The van der Waals surface area contributed by atoms with Crippen LogP contribution in [0.4, 0.5) is 8.78 Å². The van der Waals surface area contributed by atoms with E-state index in [-0.39, 0.29) is 11.2 Å². The van der Waals surface area contributed by atoms with Crippen LogP contribution in [0.1, 0.15) is 0 Å². The summed E-state index contributed by atoms with van der Waals surface area (Å²) >= 11 is 1.24. The number of nitrogens with zero attached hydrogens (tertiary/aromatic N) is 2. The first-order valence-electron chi connectivity index (χ1n) is 9.03. The van der Waals surface area contributed by atoms with E-state index in [1.165, 1.54) is 64.4 Å². The summed E-state index contributed by atoms with van der Waals surface area (Å²) < 4.78 is 28.9. The third-order valence-corrected chi connectivity index (χ3v) is 5.87. The number of fused-ring (bicyclic) bond motifs is 2. The van der Waals surface area contributed by atoms with Crippen LogP contribution in [0, 0.1) is 11.6 Å². The van der Waals surface area contributed by atoms with Gasteiger partial charge in [0, 0.05) is 15.6 Å². The van der Waals surface area contributed by atoms with Gasteiger partial charge in [-0.25, -0.2) is 13.8 Å². The summed E-state index contributed by atoms with van der Waals surface area (Å²) in [5, 5.41) is 0.406. The molecule has 146 valence electrons. The standard InChI is InChI=1S/C23H12F2N2O2S/c24-14-7-5-13(6-8-14)21-26-22-19(20(28)17-3-1-2-4-18(17)30-22)23(29)27(21)16-11-9-15(25)10-12-16/h1-12H. The van der Waals surface area contributed by atoms with Crippen LogP contribution in [0.2, 0.25) is 0 Å². The first-order valence-corrected chi connectivity index (χ1v) is 9.85. The molecule has 0 unspecified atom stereocenters. The molecule has 0 atom stereocenters. The number of hydrogen-bond acceptors (Lipinski definition) is 4. The normalized spacial score (nSPS) is 11.3. The quantitative estimate of drug-likeness (QED) is 0.383. The molecular formula is C23H12F2N2O2S. The van der Waals surface area contributed by atoms with Crippen molar-refractivity contribution in [2.24, 2.45) is 0 Å². The molecule has 0 fully saturated rings. The maximum Gasteiger partial charge on any atom is 0.271 e. The van der Waals surface area contributed by atoms with Crippen LogP contribution in [0.15, 0.2) is 82.4 Å². The maximum absolute atomic E-state index is 13.5. The summed E-state index contributed by atoms with van der Waals surface area (Å²) in [5.74, 6) is -0.641. The second-order valence-corrected chi connectivity index (χ2v) is 7.70. The van der Waals surface area contributed by atoms with E-state index in [1.807, 2.05) is 6.07 Å². The predicted molar refractivity (Wildman–Crippen MR) is 114 cm³/mol. The third kappa shape index (κ3) is 2.91. The summed E-state index contributed by atoms with van der Waals surface area (Å²) in [5.41, 5.74) is -0.114. The minimum Gasteiger partial charge on any atom is -0.288 e. The highest BCUT2D eigenvalue weighted by Gasteiger charge is 2.19. The molecule has 30 heavy (non-hydrogen) atoms. The average Bonchev–Trinajstić information content (AvgIpc) is 2.75. The lowest BCUT2D eigenvalue weighted by Gasteiger charge is -2.14. The Labute approximate surface area is 172 Å². The van der Waals surface area contributed by atoms with E-state index in [0.29, 0.717) is 26.2 Å². The topological polar surface area (TPSA) is 52.0 Å². The van der Waals surface area contributed by atoms with Gasteiger partial charge in [0.1, 0.15) is 27.7 Å². The van der Waals surface area contributed by atoms with Gasteiger partial charge in [0.15, 0.2) is 0 Å². The van der Waals surface area contributed by atoms with Crippen molar-refractivity contribution in [3.63, 3.8) is 0 Å². The SMILES string of the molecule is O=c1c2ccccc2sc2nc(-c3ccc(F)cc3)n(-c3ccc(F)cc3)c(=O)c12. The van der Waals surface area contributed by atoms with Gasteiger partial charge in [0.05, 0.1) is 5.69 Å². The second kappa shape index (κ2) is 6.96. The van der Waals surface area contributed by atoms with Crippen molar-refractivity contribution in [3.05, 3.63) is 105 Å². The van der Waals surface area contributed by atoms with Crippen LogP contribution in [-0.2, 0) is 0 Å². The molecule has 0 spiro atoms. The molecule has 5 aromatic rings. The fourth-order valence-corrected chi connectivity index (χ4v) is 4.41. The first-order chi connectivity index (χ1) is 14.5. The van der Waals surface area contributed by atoms with Crippen LogP contribution < -0.4 is 11.0 Å². The summed E-state index contributed by atoms with van der Waals surface area (Å²) in [6.45, 7) is 0. The van der Waals surface area contributed by atoms with Crippen LogP contribution in [-0.4, -0.2) is 9.55 Å². The van der Waals surface area contributed by atoms with E-state index < -0.39 is 22.6 Å². The zero-order valence-corrected chi connectivity index (χ0v) is 16.1. The molecule has 0 saturated heterocycles. The summed E-state index contributed by atoms with van der Waals surface area (Å²) in [4.78, 5) is 31.5. The smallest absolute Gasteiger partial charge is 0.271 e. The highest BCUT2D eigenvalue weighted by atomic mass is 32.1. The molecule has 0 aliphatic rings. The van der Waals surface area contributed by atoms with Crippen molar-refractivity contribution in [3.8, 4) is 17.1 Å². The van der Waals surface area contributed by atoms with Crippen molar-refractivity contribution < 1.29 is 8.78 Å². The van der Waals surface area contributed by atoms with E-state index >= 15 is 0 Å². The Morgan fingerprint density at radius 2 is 1.43 bits per heavy atom. The van der Waals surface area contributed by atoms with Crippen molar-refractivity contribution in [1.82, 2.24) is 9.55 Å². The number of hydrogen-bond donors (Lipinski definition) is 0. The highest BCUT2D eigenvalue weighted by molar-refractivity contribution is 7.24. The highest BCUT2D eigenvalue weighted by Crippen LogP contribution is 2.26. The summed E-state index contributed by atoms with van der Waals surface area (Å²) in [6.07, 6.45) is 0. The fraction of sp³-hybridized carbons (Fsp3) is 0. The Balaban J connectivity index is 1.95. The maximum atomic E-state index is 13.5. The Kier molecular flexibility index (Phi) is 4.25. The minimum atomic E-state index is -0.557. The largest absolute Gasteiger partial charge is 0.288 e. The molecule has 0 amide bonds. The molecule has 5 rings (SSSR count). The van der Waals surface area contributed by atoms with Gasteiger partial charge >= 0.3 is 0 Å². The van der Waals surface area contributed by atoms with Crippen molar-refractivity contribution in [2.75, 3.05) is 0 Å². The van der Waals surface area contributed by atoms with Crippen LogP contribution >= 0.6 is 11.3 Å². The molecule has 4 nitrogen and oxygen atoms in total. The average molecular weight is 418 g/mol. The molecule has 0 radical (unpaired) electrons. The molecular weight excluding hydrogens is 406 g/mol. The molecule has 0 N–H and O–H groups in total. The lowest BCUT2D eigenvalue weighted by atomic mass is 10.1. The monoisotopic (exact) mass is 418 g/mol.